The van der Waals surface area contributed by atoms with Gasteiger partial charge in [0.25, 0.3) is 0 Å². The average Bonchev–Trinajstić information content (AvgIpc) is 2.93. The second-order valence-electron chi connectivity index (χ2n) is 6.52. The Morgan fingerprint density at radius 1 is 1.38 bits per heavy atom. The molecule has 2 heterocycles. The van der Waals surface area contributed by atoms with Crippen LogP contribution >= 0.6 is 0 Å². The number of carbonyl (C=O) groups excluding carboxylic acids is 3. The minimum absolute atomic E-state index is 0.0696. The van der Waals surface area contributed by atoms with Crippen LogP contribution in [-0.4, -0.2) is 59.7 Å². The van der Waals surface area contributed by atoms with Crippen LogP contribution in [0.15, 0.2) is 18.2 Å². The smallest absolute Gasteiger partial charge is 0.245 e. The van der Waals surface area contributed by atoms with E-state index in [2.05, 4.69) is 5.32 Å². The first kappa shape index (κ1) is 16.4. The number of likely N-dealkylation sites (N-methyl/N-ethyl adjacent to an activating group) is 1. The number of halogens is 1. The molecular weight excluding hydrogens is 313 g/mol. The molecule has 0 aliphatic carbocycles. The summed E-state index contributed by atoms with van der Waals surface area (Å²) in [6.07, 6.45) is 0.489. The second-order valence-corrected chi connectivity index (χ2v) is 6.52. The number of piperazine rings is 1. The third-order valence-corrected chi connectivity index (χ3v) is 4.62. The van der Waals surface area contributed by atoms with Crippen LogP contribution in [0.4, 0.5) is 4.39 Å². The summed E-state index contributed by atoms with van der Waals surface area (Å²) in [6, 6.07) is 3.98. The van der Waals surface area contributed by atoms with Gasteiger partial charge in [0.1, 0.15) is 11.9 Å². The van der Waals surface area contributed by atoms with Crippen LogP contribution < -0.4 is 5.32 Å². The molecule has 7 heteroatoms. The molecule has 1 aromatic rings. The highest BCUT2D eigenvalue weighted by Gasteiger charge is 2.44. The molecule has 2 aliphatic rings. The molecule has 0 spiro atoms. The molecule has 24 heavy (non-hydrogen) atoms. The van der Waals surface area contributed by atoms with E-state index >= 15 is 0 Å². The Morgan fingerprint density at radius 2 is 2.12 bits per heavy atom. The van der Waals surface area contributed by atoms with E-state index in [1.165, 1.54) is 11.0 Å². The lowest BCUT2D eigenvalue weighted by molar-refractivity contribution is -0.152. The van der Waals surface area contributed by atoms with Crippen molar-refractivity contribution in [1.82, 2.24) is 15.1 Å². The van der Waals surface area contributed by atoms with Crippen LogP contribution in [0.5, 0.6) is 0 Å². The second kappa shape index (κ2) is 6.22. The first-order valence-electron chi connectivity index (χ1n) is 7.94. The van der Waals surface area contributed by atoms with E-state index in [1.54, 1.807) is 31.0 Å². The lowest BCUT2D eigenvalue weighted by atomic mass is 10.1. The van der Waals surface area contributed by atoms with E-state index in [4.69, 9.17) is 0 Å². The fraction of sp³-hybridized carbons (Fsp3) is 0.471. The van der Waals surface area contributed by atoms with Gasteiger partial charge < -0.3 is 15.1 Å². The predicted molar refractivity (Wildman–Crippen MR) is 84.5 cm³/mol. The molecule has 0 radical (unpaired) electrons. The number of amides is 3. The minimum atomic E-state index is -0.488. The van der Waals surface area contributed by atoms with Gasteiger partial charge in [-0.05, 0) is 30.5 Å². The molecule has 0 saturated carbocycles. The van der Waals surface area contributed by atoms with Crippen molar-refractivity contribution in [1.29, 1.82) is 0 Å². The summed E-state index contributed by atoms with van der Waals surface area (Å²) in [5.74, 6) is -0.764. The Labute approximate surface area is 139 Å². The van der Waals surface area contributed by atoms with E-state index in [0.717, 1.165) is 0 Å². The fourth-order valence-electron chi connectivity index (χ4n) is 3.29. The highest BCUT2D eigenvalue weighted by Crippen LogP contribution is 2.23. The van der Waals surface area contributed by atoms with Gasteiger partial charge in [0, 0.05) is 19.6 Å². The van der Waals surface area contributed by atoms with Gasteiger partial charge in [-0.2, -0.15) is 0 Å². The Balaban J connectivity index is 1.60. The molecule has 2 saturated heterocycles. The summed E-state index contributed by atoms with van der Waals surface area (Å²) in [7, 11) is 1.61. The monoisotopic (exact) mass is 333 g/mol. The van der Waals surface area contributed by atoms with Crippen molar-refractivity contribution in [3.8, 4) is 0 Å². The standard InChI is InChI=1S/C17H20FN3O3/c1-10-3-4-11(5-13(10)18)6-15(22)19-12-7-14-17(24)20(2)9-16(23)21(14)8-12/h3-5,12,14H,6-9H2,1-2H3,(H,19,22)/t12-,14+/m1/s1. The average molecular weight is 333 g/mol. The van der Waals surface area contributed by atoms with Crippen LogP contribution in [0.2, 0.25) is 0 Å². The fourth-order valence-corrected chi connectivity index (χ4v) is 3.29. The van der Waals surface area contributed by atoms with Crippen LogP contribution in [0.3, 0.4) is 0 Å². The first-order chi connectivity index (χ1) is 11.3. The van der Waals surface area contributed by atoms with Gasteiger partial charge in [-0.3, -0.25) is 14.4 Å². The van der Waals surface area contributed by atoms with E-state index in [1.807, 2.05) is 0 Å². The molecule has 1 aromatic carbocycles. The summed E-state index contributed by atoms with van der Waals surface area (Å²) in [5.41, 5.74) is 1.13. The minimum Gasteiger partial charge on any atom is -0.351 e. The zero-order valence-electron chi connectivity index (χ0n) is 13.7. The highest BCUT2D eigenvalue weighted by atomic mass is 19.1. The van der Waals surface area contributed by atoms with Crippen molar-refractivity contribution in [2.45, 2.75) is 31.8 Å². The van der Waals surface area contributed by atoms with E-state index in [-0.39, 0.29) is 42.5 Å². The van der Waals surface area contributed by atoms with Crippen molar-refractivity contribution in [3.05, 3.63) is 35.1 Å². The van der Waals surface area contributed by atoms with E-state index in [9.17, 15) is 18.8 Å². The lowest BCUT2D eigenvalue weighted by Crippen LogP contribution is -2.55. The molecule has 0 bridgehead atoms. The number of hydrogen-bond acceptors (Lipinski definition) is 3. The molecule has 3 amide bonds. The van der Waals surface area contributed by atoms with Gasteiger partial charge >= 0.3 is 0 Å². The predicted octanol–water partition coefficient (Wildman–Crippen LogP) is 0.234. The quantitative estimate of drug-likeness (QED) is 0.861. The Bertz CT molecular complexity index is 706. The van der Waals surface area contributed by atoms with Crippen molar-refractivity contribution in [3.63, 3.8) is 0 Å². The number of aryl methyl sites for hydroxylation is 1. The molecule has 6 nitrogen and oxygen atoms in total. The van der Waals surface area contributed by atoms with Gasteiger partial charge in [-0.1, -0.05) is 12.1 Å². The number of nitrogens with zero attached hydrogens (tertiary/aromatic N) is 2. The van der Waals surface area contributed by atoms with E-state index in [0.29, 0.717) is 24.1 Å². The largest absolute Gasteiger partial charge is 0.351 e. The summed E-state index contributed by atoms with van der Waals surface area (Å²) >= 11 is 0. The lowest BCUT2D eigenvalue weighted by Gasteiger charge is -2.33. The van der Waals surface area contributed by atoms with Crippen molar-refractivity contribution >= 4 is 17.7 Å². The number of fused-ring (bicyclic) bond motifs is 1. The van der Waals surface area contributed by atoms with Gasteiger partial charge in [0.05, 0.1) is 13.0 Å². The molecule has 128 valence electrons. The summed E-state index contributed by atoms with van der Waals surface area (Å²) in [6.45, 7) is 2.09. The molecule has 0 unspecified atom stereocenters. The summed E-state index contributed by atoms with van der Waals surface area (Å²) < 4.78 is 13.5. The molecule has 2 fully saturated rings. The van der Waals surface area contributed by atoms with Gasteiger partial charge in [0.15, 0.2) is 0 Å². The maximum Gasteiger partial charge on any atom is 0.245 e. The molecule has 2 aliphatic heterocycles. The molecule has 1 N–H and O–H groups in total. The molecule has 0 aromatic heterocycles. The number of hydrogen-bond donors (Lipinski definition) is 1. The SMILES string of the molecule is Cc1ccc(CC(=O)N[C@@H]2C[C@H]3C(=O)N(C)CC(=O)N3C2)cc1F. The van der Waals surface area contributed by atoms with Gasteiger partial charge in [-0.15, -0.1) is 0 Å². The Hall–Kier alpha value is -2.44. The van der Waals surface area contributed by atoms with Crippen molar-refractivity contribution in [2.24, 2.45) is 0 Å². The van der Waals surface area contributed by atoms with Crippen LogP contribution in [-0.2, 0) is 20.8 Å². The number of nitrogens with one attached hydrogen (secondary N) is 1. The topological polar surface area (TPSA) is 69.7 Å². The van der Waals surface area contributed by atoms with Crippen LogP contribution in [0.25, 0.3) is 0 Å². The first-order valence-corrected chi connectivity index (χ1v) is 7.94. The van der Waals surface area contributed by atoms with Crippen molar-refractivity contribution < 1.29 is 18.8 Å². The number of benzene rings is 1. The maximum absolute atomic E-state index is 13.5. The zero-order valence-corrected chi connectivity index (χ0v) is 13.7. The molecule has 3 rings (SSSR count). The van der Waals surface area contributed by atoms with Crippen LogP contribution in [0, 0.1) is 12.7 Å². The molecule has 2 atom stereocenters. The summed E-state index contributed by atoms with van der Waals surface area (Å²) in [5, 5.41) is 2.85. The van der Waals surface area contributed by atoms with Crippen LogP contribution in [0.1, 0.15) is 17.5 Å². The van der Waals surface area contributed by atoms with Crippen molar-refractivity contribution in [2.75, 3.05) is 20.1 Å². The highest BCUT2D eigenvalue weighted by molar-refractivity contribution is 5.95. The Morgan fingerprint density at radius 3 is 2.83 bits per heavy atom. The third-order valence-electron chi connectivity index (χ3n) is 4.62. The number of rotatable bonds is 3. The summed E-state index contributed by atoms with van der Waals surface area (Å²) in [4.78, 5) is 39.2. The normalized spacial score (nSPS) is 23.5. The van der Waals surface area contributed by atoms with Gasteiger partial charge in [0.2, 0.25) is 17.7 Å². The number of carbonyl (C=O) groups is 3. The molecular formula is C17H20FN3O3. The Kier molecular flexibility index (Phi) is 4.26. The van der Waals surface area contributed by atoms with E-state index < -0.39 is 6.04 Å². The zero-order chi connectivity index (χ0) is 17.4. The third kappa shape index (κ3) is 3.11. The maximum atomic E-state index is 13.5. The van der Waals surface area contributed by atoms with Gasteiger partial charge in [-0.25, -0.2) is 4.39 Å².